The van der Waals surface area contributed by atoms with Crippen LogP contribution in [-0.2, 0) is 11.2 Å². The summed E-state index contributed by atoms with van der Waals surface area (Å²) < 4.78 is 2.17. The van der Waals surface area contributed by atoms with Gasteiger partial charge in [0.15, 0.2) is 0 Å². The average Bonchev–Trinajstić information content (AvgIpc) is 3.07. The number of aromatic nitrogens is 2. The van der Waals surface area contributed by atoms with E-state index in [4.69, 9.17) is 4.98 Å². The van der Waals surface area contributed by atoms with Gasteiger partial charge in [-0.05, 0) is 38.1 Å². The third kappa shape index (κ3) is 3.47. The summed E-state index contributed by atoms with van der Waals surface area (Å²) in [6.45, 7) is 5.89. The molecule has 1 aromatic heterocycles. The van der Waals surface area contributed by atoms with Crippen LogP contribution >= 0.6 is 0 Å². The largest absolute Gasteiger partial charge is 0.337 e. The van der Waals surface area contributed by atoms with Gasteiger partial charge >= 0.3 is 0 Å². The number of nitrogens with one attached hydrogen (secondary N) is 1. The van der Waals surface area contributed by atoms with Gasteiger partial charge in [-0.25, -0.2) is 4.98 Å². The van der Waals surface area contributed by atoms with Gasteiger partial charge < -0.3 is 10.2 Å². The van der Waals surface area contributed by atoms with Crippen LogP contribution < -0.4 is 5.32 Å². The Morgan fingerprint density at radius 3 is 2.67 bits per heavy atom. The van der Waals surface area contributed by atoms with Crippen LogP contribution in [0.1, 0.15) is 26.1 Å². The van der Waals surface area contributed by atoms with E-state index in [-0.39, 0.29) is 11.9 Å². The van der Waals surface area contributed by atoms with E-state index in [0.717, 1.165) is 35.6 Å². The number of nitrogens with zero attached hydrogens (tertiary/aromatic N) is 3. The normalized spacial score (nSPS) is 20.1. The predicted octanol–water partition coefficient (Wildman–Crippen LogP) is 3.17. The highest BCUT2D eigenvalue weighted by molar-refractivity contribution is 5.79. The van der Waals surface area contributed by atoms with Crippen molar-refractivity contribution in [3.63, 3.8) is 0 Å². The standard InChI is InChI=1S/C22H26N4O/c1-16-17(2)25(15-14-23-16)22(27)13-12-21-24-19-10-6-7-11-20(19)26(21)18-8-4-3-5-9-18/h3-11,16-17,23H,12-15H2,1-2H3. The lowest BCUT2D eigenvalue weighted by Crippen LogP contribution is -2.57. The van der Waals surface area contributed by atoms with E-state index >= 15 is 0 Å². The first-order valence-electron chi connectivity index (χ1n) is 9.70. The van der Waals surface area contributed by atoms with Crippen molar-refractivity contribution < 1.29 is 4.79 Å². The first-order valence-corrected chi connectivity index (χ1v) is 9.70. The molecule has 2 unspecified atom stereocenters. The van der Waals surface area contributed by atoms with Crippen LogP contribution in [0.2, 0.25) is 0 Å². The Morgan fingerprint density at radius 1 is 1.11 bits per heavy atom. The Morgan fingerprint density at radius 2 is 1.85 bits per heavy atom. The fourth-order valence-electron chi connectivity index (χ4n) is 3.88. The Bertz CT molecular complexity index is 934. The number of para-hydroxylation sites is 3. The van der Waals surface area contributed by atoms with Crippen molar-refractivity contribution in [2.75, 3.05) is 13.1 Å². The molecule has 0 radical (unpaired) electrons. The number of hydrogen-bond acceptors (Lipinski definition) is 3. The molecule has 1 saturated heterocycles. The first kappa shape index (κ1) is 17.7. The van der Waals surface area contributed by atoms with Gasteiger partial charge in [-0.2, -0.15) is 0 Å². The van der Waals surface area contributed by atoms with Crippen LogP contribution in [0.25, 0.3) is 16.7 Å². The summed E-state index contributed by atoms with van der Waals surface area (Å²) in [6.07, 6.45) is 1.11. The Labute approximate surface area is 160 Å². The van der Waals surface area contributed by atoms with E-state index in [9.17, 15) is 4.79 Å². The number of fused-ring (bicyclic) bond motifs is 1. The number of carbonyl (C=O) groups is 1. The van der Waals surface area contributed by atoms with E-state index in [1.807, 2.05) is 41.3 Å². The Hall–Kier alpha value is -2.66. The maximum Gasteiger partial charge on any atom is 0.223 e. The molecular formula is C22H26N4O. The molecule has 140 valence electrons. The minimum absolute atomic E-state index is 0.211. The lowest BCUT2D eigenvalue weighted by atomic mass is 10.1. The van der Waals surface area contributed by atoms with Crippen molar-refractivity contribution in [2.45, 2.75) is 38.8 Å². The minimum atomic E-state index is 0.211. The maximum atomic E-state index is 12.9. The van der Waals surface area contributed by atoms with Gasteiger partial charge in [0.2, 0.25) is 5.91 Å². The Balaban J connectivity index is 1.60. The first-order chi connectivity index (χ1) is 13.1. The summed E-state index contributed by atoms with van der Waals surface area (Å²) in [4.78, 5) is 19.7. The molecule has 1 N–H and O–H groups in total. The highest BCUT2D eigenvalue weighted by Gasteiger charge is 2.28. The highest BCUT2D eigenvalue weighted by Crippen LogP contribution is 2.22. The summed E-state index contributed by atoms with van der Waals surface area (Å²) >= 11 is 0. The molecule has 1 aliphatic rings. The second-order valence-corrected chi connectivity index (χ2v) is 7.26. The molecular weight excluding hydrogens is 336 g/mol. The molecule has 0 bridgehead atoms. The molecule has 0 aliphatic carbocycles. The third-order valence-corrected chi connectivity index (χ3v) is 5.56. The fourth-order valence-corrected chi connectivity index (χ4v) is 3.88. The van der Waals surface area contributed by atoms with Gasteiger partial charge in [0.05, 0.1) is 11.0 Å². The van der Waals surface area contributed by atoms with Crippen LogP contribution in [0.5, 0.6) is 0 Å². The quantitative estimate of drug-likeness (QED) is 0.776. The van der Waals surface area contributed by atoms with E-state index in [1.54, 1.807) is 0 Å². The zero-order valence-corrected chi connectivity index (χ0v) is 15.9. The van der Waals surface area contributed by atoms with Crippen molar-refractivity contribution in [1.29, 1.82) is 0 Å². The number of aryl methyl sites for hydroxylation is 1. The molecule has 4 rings (SSSR count). The molecule has 0 saturated carbocycles. The molecule has 2 heterocycles. The molecule has 5 heteroatoms. The summed E-state index contributed by atoms with van der Waals surface area (Å²) in [7, 11) is 0. The minimum Gasteiger partial charge on any atom is -0.337 e. The second-order valence-electron chi connectivity index (χ2n) is 7.26. The van der Waals surface area contributed by atoms with Crippen molar-refractivity contribution in [1.82, 2.24) is 19.8 Å². The number of imidazole rings is 1. The van der Waals surface area contributed by atoms with Crippen molar-refractivity contribution >= 4 is 16.9 Å². The third-order valence-electron chi connectivity index (χ3n) is 5.56. The molecule has 1 amide bonds. The summed E-state index contributed by atoms with van der Waals surface area (Å²) in [5.74, 6) is 1.15. The van der Waals surface area contributed by atoms with Crippen LogP contribution in [0.4, 0.5) is 0 Å². The smallest absolute Gasteiger partial charge is 0.223 e. The summed E-state index contributed by atoms with van der Waals surface area (Å²) in [5.41, 5.74) is 3.13. The van der Waals surface area contributed by atoms with Crippen molar-refractivity contribution in [2.24, 2.45) is 0 Å². The van der Waals surface area contributed by atoms with Crippen LogP contribution in [0, 0.1) is 0 Å². The topological polar surface area (TPSA) is 50.2 Å². The van der Waals surface area contributed by atoms with Gasteiger partial charge in [0.25, 0.3) is 0 Å². The highest BCUT2D eigenvalue weighted by atomic mass is 16.2. The van der Waals surface area contributed by atoms with Crippen molar-refractivity contribution in [3.05, 3.63) is 60.4 Å². The van der Waals surface area contributed by atoms with Gasteiger partial charge in [0, 0.05) is 43.7 Å². The lowest BCUT2D eigenvalue weighted by molar-refractivity contribution is -0.134. The number of piperazine rings is 1. The monoisotopic (exact) mass is 362 g/mol. The second kappa shape index (κ2) is 7.53. The SMILES string of the molecule is CC1NCCN(C(=O)CCc2nc3ccccc3n2-c2ccccc2)C1C. The van der Waals surface area contributed by atoms with E-state index < -0.39 is 0 Å². The van der Waals surface area contributed by atoms with E-state index in [2.05, 4.69) is 41.9 Å². The van der Waals surface area contributed by atoms with Crippen molar-refractivity contribution in [3.8, 4) is 5.69 Å². The van der Waals surface area contributed by atoms with Gasteiger partial charge in [-0.15, -0.1) is 0 Å². The molecule has 0 spiro atoms. The predicted molar refractivity (Wildman–Crippen MR) is 108 cm³/mol. The van der Waals surface area contributed by atoms with Crippen LogP contribution in [0.15, 0.2) is 54.6 Å². The molecule has 1 fully saturated rings. The van der Waals surface area contributed by atoms with E-state index in [0.29, 0.717) is 18.9 Å². The molecule has 27 heavy (non-hydrogen) atoms. The molecule has 5 nitrogen and oxygen atoms in total. The average molecular weight is 362 g/mol. The van der Waals surface area contributed by atoms with E-state index in [1.165, 1.54) is 0 Å². The number of rotatable bonds is 4. The van der Waals surface area contributed by atoms with Gasteiger partial charge in [-0.3, -0.25) is 9.36 Å². The lowest BCUT2D eigenvalue weighted by Gasteiger charge is -2.38. The van der Waals surface area contributed by atoms with Crippen LogP contribution in [-0.4, -0.2) is 45.5 Å². The van der Waals surface area contributed by atoms with Gasteiger partial charge in [0.1, 0.15) is 5.82 Å². The summed E-state index contributed by atoms with van der Waals surface area (Å²) in [5, 5.41) is 3.43. The van der Waals surface area contributed by atoms with Crippen LogP contribution in [0.3, 0.4) is 0 Å². The fraction of sp³-hybridized carbons (Fsp3) is 0.364. The number of hydrogen-bond donors (Lipinski definition) is 1. The molecule has 1 aliphatic heterocycles. The molecule has 2 atom stereocenters. The Kier molecular flexibility index (Phi) is 4.94. The summed E-state index contributed by atoms with van der Waals surface area (Å²) in [6, 6.07) is 18.9. The zero-order valence-electron chi connectivity index (χ0n) is 15.9. The zero-order chi connectivity index (χ0) is 18.8. The van der Waals surface area contributed by atoms with Gasteiger partial charge in [-0.1, -0.05) is 30.3 Å². The number of benzene rings is 2. The number of amides is 1. The molecule has 2 aromatic carbocycles. The number of carbonyl (C=O) groups excluding carboxylic acids is 1. The maximum absolute atomic E-state index is 12.9. The molecule has 3 aromatic rings.